The van der Waals surface area contributed by atoms with Crippen molar-refractivity contribution in [3.8, 4) is 0 Å². The molecule has 2 aromatic rings. The van der Waals surface area contributed by atoms with Gasteiger partial charge in [-0.25, -0.2) is 0 Å². The van der Waals surface area contributed by atoms with Gasteiger partial charge in [-0.15, -0.1) is 11.3 Å². The number of thiophene rings is 1. The summed E-state index contributed by atoms with van der Waals surface area (Å²) in [6.07, 6.45) is 1.10. The third-order valence-electron chi connectivity index (χ3n) is 4.34. The number of aryl methyl sites for hydroxylation is 2. The van der Waals surface area contributed by atoms with E-state index in [9.17, 15) is 14.4 Å². The van der Waals surface area contributed by atoms with Crippen LogP contribution in [0.1, 0.15) is 50.7 Å². The van der Waals surface area contributed by atoms with Crippen LogP contribution in [-0.2, 0) is 11.2 Å². The molecule has 144 valence electrons. The highest BCUT2D eigenvalue weighted by atomic mass is 32.1. The molecule has 0 aliphatic carbocycles. The number of hydrogen-bond donors (Lipinski definition) is 2. The van der Waals surface area contributed by atoms with Crippen molar-refractivity contribution in [1.29, 1.82) is 0 Å². The Morgan fingerprint density at radius 2 is 1.81 bits per heavy atom. The topological polar surface area (TPSA) is 92.5 Å². The molecule has 2 rings (SSSR count). The molecule has 0 fully saturated rings. The number of nitrogens with one attached hydrogen (secondary N) is 1. The first-order valence-corrected chi connectivity index (χ1v) is 9.75. The Balaban J connectivity index is 1.93. The summed E-state index contributed by atoms with van der Waals surface area (Å²) in [5, 5.41) is 2.76. The van der Waals surface area contributed by atoms with Crippen molar-refractivity contribution in [1.82, 2.24) is 4.90 Å². The molecule has 1 heterocycles. The Morgan fingerprint density at radius 1 is 1.15 bits per heavy atom. The number of hydrogen-bond acceptors (Lipinski definition) is 4. The van der Waals surface area contributed by atoms with E-state index >= 15 is 0 Å². The van der Waals surface area contributed by atoms with Crippen LogP contribution in [0.3, 0.4) is 0 Å². The Hall–Kier alpha value is -2.67. The number of nitrogens with two attached hydrogens (primary N) is 1. The van der Waals surface area contributed by atoms with Gasteiger partial charge in [0.1, 0.15) is 0 Å². The minimum Gasteiger partial charge on any atom is -0.366 e. The smallest absolute Gasteiger partial charge is 0.263 e. The van der Waals surface area contributed by atoms with Gasteiger partial charge in [0.05, 0.1) is 4.88 Å². The molecule has 3 amide bonds. The third kappa shape index (κ3) is 5.40. The first-order chi connectivity index (χ1) is 12.8. The second-order valence-electron chi connectivity index (χ2n) is 6.17. The third-order valence-corrected chi connectivity index (χ3v) is 5.42. The predicted molar refractivity (Wildman–Crippen MR) is 108 cm³/mol. The van der Waals surface area contributed by atoms with Gasteiger partial charge >= 0.3 is 0 Å². The van der Waals surface area contributed by atoms with Crippen LogP contribution in [0.2, 0.25) is 0 Å². The number of rotatable bonds is 8. The average molecular weight is 388 g/mol. The molecule has 1 aromatic heterocycles. The number of nitrogens with zero attached hydrogens (tertiary/aromatic N) is 1. The van der Waals surface area contributed by atoms with Gasteiger partial charge < -0.3 is 16.0 Å². The average Bonchev–Trinajstić information content (AvgIpc) is 3.03. The largest absolute Gasteiger partial charge is 0.366 e. The van der Waals surface area contributed by atoms with Crippen molar-refractivity contribution in [3.63, 3.8) is 0 Å². The van der Waals surface area contributed by atoms with Crippen molar-refractivity contribution in [2.45, 2.75) is 33.6 Å². The van der Waals surface area contributed by atoms with E-state index in [0.717, 1.165) is 11.3 Å². The molecule has 0 radical (unpaired) electrons. The molecule has 3 N–H and O–H groups in total. The Kier molecular flexibility index (Phi) is 7.12. The molecule has 7 heteroatoms. The molecule has 27 heavy (non-hydrogen) atoms. The van der Waals surface area contributed by atoms with Gasteiger partial charge in [0.25, 0.3) is 5.91 Å². The highest BCUT2D eigenvalue weighted by Crippen LogP contribution is 2.23. The molecule has 0 aliphatic heterocycles. The van der Waals surface area contributed by atoms with E-state index in [4.69, 9.17) is 5.73 Å². The standard InChI is InChI=1S/C20H25N3O3S/c1-4-14-12-17(27-13(14)3)20(26)23(5-2)11-10-18(24)22-16-8-6-15(7-9-16)19(21)25/h6-9,12H,4-5,10-11H2,1-3H3,(H2,21,25)(H,22,24). The Bertz CT molecular complexity index is 827. The van der Waals surface area contributed by atoms with E-state index in [2.05, 4.69) is 12.2 Å². The van der Waals surface area contributed by atoms with Crippen LogP contribution in [0.5, 0.6) is 0 Å². The van der Waals surface area contributed by atoms with Crippen LogP contribution in [0.4, 0.5) is 5.69 Å². The maximum Gasteiger partial charge on any atom is 0.263 e. The minimum atomic E-state index is -0.514. The number of anilines is 1. The van der Waals surface area contributed by atoms with Gasteiger partial charge in [0.15, 0.2) is 0 Å². The van der Waals surface area contributed by atoms with Crippen molar-refractivity contribution >= 4 is 34.7 Å². The monoisotopic (exact) mass is 387 g/mol. The van der Waals surface area contributed by atoms with Crippen LogP contribution in [0.25, 0.3) is 0 Å². The van der Waals surface area contributed by atoms with Crippen LogP contribution in [-0.4, -0.2) is 35.7 Å². The normalized spacial score (nSPS) is 10.5. The van der Waals surface area contributed by atoms with Crippen molar-refractivity contribution < 1.29 is 14.4 Å². The van der Waals surface area contributed by atoms with Crippen LogP contribution in [0.15, 0.2) is 30.3 Å². The van der Waals surface area contributed by atoms with E-state index in [1.165, 1.54) is 16.9 Å². The summed E-state index contributed by atoms with van der Waals surface area (Å²) in [6.45, 7) is 6.88. The summed E-state index contributed by atoms with van der Waals surface area (Å²) in [4.78, 5) is 39.5. The summed E-state index contributed by atoms with van der Waals surface area (Å²) < 4.78 is 0. The molecular formula is C20H25N3O3S. The Labute approximate surface area is 163 Å². The van der Waals surface area contributed by atoms with Gasteiger partial charge in [-0.1, -0.05) is 6.92 Å². The molecule has 0 atom stereocenters. The van der Waals surface area contributed by atoms with E-state index in [1.54, 1.807) is 29.2 Å². The molecule has 0 spiro atoms. The van der Waals surface area contributed by atoms with E-state index in [1.807, 2.05) is 19.9 Å². The van der Waals surface area contributed by atoms with Gasteiger partial charge in [0, 0.05) is 35.6 Å². The van der Waals surface area contributed by atoms with Gasteiger partial charge in [-0.3, -0.25) is 14.4 Å². The lowest BCUT2D eigenvalue weighted by atomic mass is 10.2. The minimum absolute atomic E-state index is 0.0380. The quantitative estimate of drug-likeness (QED) is 0.728. The first-order valence-electron chi connectivity index (χ1n) is 8.94. The predicted octanol–water partition coefficient (Wildman–Crippen LogP) is 3.21. The van der Waals surface area contributed by atoms with Crippen molar-refractivity contribution in [2.75, 3.05) is 18.4 Å². The zero-order valence-corrected chi connectivity index (χ0v) is 16.7. The summed E-state index contributed by atoms with van der Waals surface area (Å²) >= 11 is 1.50. The van der Waals surface area contributed by atoms with Crippen LogP contribution < -0.4 is 11.1 Å². The Morgan fingerprint density at radius 3 is 2.33 bits per heavy atom. The van der Waals surface area contributed by atoms with E-state index < -0.39 is 5.91 Å². The second-order valence-corrected chi connectivity index (χ2v) is 7.43. The molecule has 0 bridgehead atoms. The zero-order valence-electron chi connectivity index (χ0n) is 15.9. The van der Waals surface area contributed by atoms with E-state index in [-0.39, 0.29) is 18.2 Å². The second kappa shape index (κ2) is 9.32. The molecule has 0 saturated carbocycles. The van der Waals surface area contributed by atoms with Gasteiger partial charge in [-0.05, 0) is 56.2 Å². The summed E-state index contributed by atoms with van der Waals surface area (Å²) in [7, 11) is 0. The maximum atomic E-state index is 12.7. The van der Waals surface area contributed by atoms with Gasteiger partial charge in [-0.2, -0.15) is 0 Å². The number of carbonyl (C=O) groups excluding carboxylic acids is 3. The lowest BCUT2D eigenvalue weighted by molar-refractivity contribution is -0.116. The fraction of sp³-hybridized carbons (Fsp3) is 0.350. The summed E-state index contributed by atoms with van der Waals surface area (Å²) in [5.74, 6) is -0.742. The fourth-order valence-corrected chi connectivity index (χ4v) is 3.79. The van der Waals surface area contributed by atoms with Crippen LogP contribution in [0, 0.1) is 6.92 Å². The molecule has 6 nitrogen and oxygen atoms in total. The molecule has 0 aliphatic rings. The summed E-state index contributed by atoms with van der Waals surface area (Å²) in [6, 6.07) is 8.32. The van der Waals surface area contributed by atoms with Crippen molar-refractivity contribution in [3.05, 3.63) is 51.2 Å². The highest BCUT2D eigenvalue weighted by molar-refractivity contribution is 7.14. The van der Waals surface area contributed by atoms with Crippen LogP contribution >= 0.6 is 11.3 Å². The molecule has 0 unspecified atom stereocenters. The first kappa shape index (κ1) is 20.6. The lowest BCUT2D eigenvalue weighted by Crippen LogP contribution is -2.33. The number of amides is 3. The SMILES string of the molecule is CCc1cc(C(=O)N(CC)CCC(=O)Nc2ccc(C(N)=O)cc2)sc1C. The number of benzene rings is 1. The number of carbonyl (C=O) groups is 3. The molecule has 0 saturated heterocycles. The maximum absolute atomic E-state index is 12.7. The molecular weight excluding hydrogens is 362 g/mol. The fourth-order valence-electron chi connectivity index (χ4n) is 2.71. The van der Waals surface area contributed by atoms with Gasteiger partial charge in [0.2, 0.25) is 11.8 Å². The summed E-state index contributed by atoms with van der Waals surface area (Å²) in [5.41, 5.74) is 7.35. The van der Waals surface area contributed by atoms with Crippen molar-refractivity contribution in [2.24, 2.45) is 5.73 Å². The molecule has 1 aromatic carbocycles. The number of primary amides is 1. The zero-order chi connectivity index (χ0) is 20.0. The van der Waals surface area contributed by atoms with E-state index in [0.29, 0.717) is 29.2 Å². The lowest BCUT2D eigenvalue weighted by Gasteiger charge is -2.19. The highest BCUT2D eigenvalue weighted by Gasteiger charge is 2.18.